The number of nitriles is 1. The summed E-state index contributed by atoms with van der Waals surface area (Å²) in [7, 11) is 0. The number of hydrogen-bond acceptors (Lipinski definition) is 4. The van der Waals surface area contributed by atoms with Gasteiger partial charge >= 0.3 is 12.2 Å². The van der Waals surface area contributed by atoms with Crippen molar-refractivity contribution in [3.63, 3.8) is 0 Å². The second-order valence-electron chi connectivity index (χ2n) is 6.64. The Morgan fingerprint density at radius 3 is 2.66 bits per heavy atom. The monoisotopic (exact) mass is 397 g/mol. The Labute approximate surface area is 163 Å². The molecule has 9 heteroatoms. The van der Waals surface area contributed by atoms with Crippen molar-refractivity contribution in [2.75, 3.05) is 16.3 Å². The number of pyridine rings is 2. The molecule has 0 radical (unpaired) electrons. The number of halogens is 3. The van der Waals surface area contributed by atoms with Crippen LogP contribution in [0.15, 0.2) is 48.9 Å². The van der Waals surface area contributed by atoms with Gasteiger partial charge in [-0.05, 0) is 18.6 Å². The van der Waals surface area contributed by atoms with Gasteiger partial charge in [0.05, 0.1) is 30.2 Å². The Morgan fingerprint density at radius 1 is 1.17 bits per heavy atom. The van der Waals surface area contributed by atoms with Crippen molar-refractivity contribution in [2.45, 2.75) is 19.1 Å². The molecule has 0 N–H and O–H groups in total. The first-order chi connectivity index (χ1) is 13.8. The van der Waals surface area contributed by atoms with Crippen molar-refractivity contribution < 1.29 is 18.0 Å². The van der Waals surface area contributed by atoms with Gasteiger partial charge in [-0.1, -0.05) is 24.3 Å². The van der Waals surface area contributed by atoms with Gasteiger partial charge in [0.1, 0.15) is 11.7 Å². The van der Waals surface area contributed by atoms with E-state index in [1.165, 1.54) is 16.0 Å². The number of carbonyl (C=O) groups is 1. The lowest BCUT2D eigenvalue weighted by atomic mass is 10.1. The number of fused-ring (bicyclic) bond motifs is 1. The summed E-state index contributed by atoms with van der Waals surface area (Å²) in [5, 5.41) is 11.1. The predicted octanol–water partition coefficient (Wildman–Crippen LogP) is 4.30. The number of amides is 2. The molecule has 1 fully saturated rings. The van der Waals surface area contributed by atoms with Gasteiger partial charge in [0.2, 0.25) is 0 Å². The molecule has 1 aliphatic rings. The number of rotatable bonds is 2. The highest BCUT2D eigenvalue weighted by molar-refractivity contribution is 6.11. The number of aryl methyl sites for hydroxylation is 1. The smallest absolute Gasteiger partial charge is 0.290 e. The minimum atomic E-state index is -4.64. The number of alkyl halides is 3. The SMILES string of the molecule is Cc1cnc(C(F)(F)F)cc1N1C[C@H](C#N)N(c2cncc3ccccc23)C1=O. The van der Waals surface area contributed by atoms with Crippen molar-refractivity contribution in [3.8, 4) is 6.07 Å². The van der Waals surface area contributed by atoms with E-state index in [1.54, 1.807) is 25.3 Å². The molecule has 1 atom stereocenters. The number of urea groups is 1. The second-order valence-corrected chi connectivity index (χ2v) is 6.64. The third kappa shape index (κ3) is 3.12. The standard InChI is InChI=1S/C20H14F3N5O/c1-12-8-26-18(20(21,22)23)6-16(12)27-11-14(7-24)28(19(27)29)17-10-25-9-13-4-2-3-5-15(13)17/h2-6,8-10,14H,11H2,1H3/t14-/m0/s1. The topological polar surface area (TPSA) is 73.1 Å². The van der Waals surface area contributed by atoms with Gasteiger partial charge in [0, 0.05) is 23.2 Å². The summed E-state index contributed by atoms with van der Waals surface area (Å²) in [5.41, 5.74) is -0.177. The summed E-state index contributed by atoms with van der Waals surface area (Å²) >= 11 is 0. The van der Waals surface area contributed by atoms with Gasteiger partial charge in [0.25, 0.3) is 0 Å². The molecule has 1 saturated heterocycles. The third-order valence-electron chi connectivity index (χ3n) is 4.82. The molecule has 3 heterocycles. The lowest BCUT2D eigenvalue weighted by molar-refractivity contribution is -0.141. The molecule has 0 aliphatic carbocycles. The largest absolute Gasteiger partial charge is 0.433 e. The number of aromatic nitrogens is 2. The van der Waals surface area contributed by atoms with Crippen LogP contribution in [0.4, 0.5) is 29.3 Å². The van der Waals surface area contributed by atoms with E-state index in [4.69, 9.17) is 0 Å². The first-order valence-corrected chi connectivity index (χ1v) is 8.68. The van der Waals surface area contributed by atoms with Crippen molar-refractivity contribution in [3.05, 3.63) is 60.2 Å². The maximum absolute atomic E-state index is 13.2. The molecule has 2 aromatic heterocycles. The van der Waals surface area contributed by atoms with Crippen LogP contribution in [0.5, 0.6) is 0 Å². The zero-order valence-corrected chi connectivity index (χ0v) is 15.2. The summed E-state index contributed by atoms with van der Waals surface area (Å²) in [6.45, 7) is 1.50. The molecule has 146 valence electrons. The highest BCUT2D eigenvalue weighted by atomic mass is 19.4. The fourth-order valence-corrected chi connectivity index (χ4v) is 3.42. The van der Waals surface area contributed by atoms with Crippen molar-refractivity contribution in [2.24, 2.45) is 0 Å². The number of anilines is 2. The van der Waals surface area contributed by atoms with Gasteiger partial charge < -0.3 is 0 Å². The summed E-state index contributed by atoms with van der Waals surface area (Å²) in [4.78, 5) is 23.2. The van der Waals surface area contributed by atoms with Gasteiger partial charge in [-0.15, -0.1) is 0 Å². The lowest BCUT2D eigenvalue weighted by Crippen LogP contribution is -2.35. The predicted molar refractivity (Wildman–Crippen MR) is 100 cm³/mol. The summed E-state index contributed by atoms with van der Waals surface area (Å²) in [6.07, 6.45) is -0.441. The fraction of sp³-hybridized carbons (Fsp3) is 0.200. The lowest BCUT2D eigenvalue weighted by Gasteiger charge is -2.22. The van der Waals surface area contributed by atoms with Crippen molar-refractivity contribution in [1.29, 1.82) is 5.26 Å². The van der Waals surface area contributed by atoms with Crippen LogP contribution >= 0.6 is 0 Å². The maximum atomic E-state index is 13.2. The van der Waals surface area contributed by atoms with Gasteiger partial charge in [-0.2, -0.15) is 18.4 Å². The van der Waals surface area contributed by atoms with E-state index >= 15 is 0 Å². The Balaban J connectivity index is 1.81. The minimum absolute atomic E-state index is 0.0687. The average molecular weight is 397 g/mol. The van der Waals surface area contributed by atoms with Crippen LogP contribution < -0.4 is 9.80 Å². The molecule has 4 rings (SSSR count). The molecular formula is C20H14F3N5O. The van der Waals surface area contributed by atoms with Crippen LogP contribution in [0.25, 0.3) is 10.8 Å². The molecule has 3 aromatic rings. The van der Waals surface area contributed by atoms with Crippen molar-refractivity contribution in [1.82, 2.24) is 9.97 Å². The van der Waals surface area contributed by atoms with Gasteiger partial charge in [-0.3, -0.25) is 19.8 Å². The van der Waals surface area contributed by atoms with E-state index in [0.717, 1.165) is 23.0 Å². The van der Waals surface area contributed by atoms with E-state index < -0.39 is 23.9 Å². The van der Waals surface area contributed by atoms with Gasteiger partial charge in [-0.25, -0.2) is 4.79 Å². The zero-order chi connectivity index (χ0) is 20.8. The maximum Gasteiger partial charge on any atom is 0.433 e. The molecule has 6 nitrogen and oxygen atoms in total. The van der Waals surface area contributed by atoms with E-state index in [2.05, 4.69) is 16.0 Å². The van der Waals surface area contributed by atoms with E-state index in [-0.39, 0.29) is 12.2 Å². The Bertz CT molecular complexity index is 1150. The third-order valence-corrected chi connectivity index (χ3v) is 4.82. The molecule has 0 bridgehead atoms. The van der Waals surface area contributed by atoms with Crippen LogP contribution in [0.2, 0.25) is 0 Å². The number of carbonyl (C=O) groups excluding carboxylic acids is 1. The zero-order valence-electron chi connectivity index (χ0n) is 15.2. The molecule has 0 unspecified atom stereocenters. The number of benzene rings is 1. The van der Waals surface area contributed by atoms with Crippen LogP contribution in [0.1, 0.15) is 11.3 Å². The molecular weight excluding hydrogens is 383 g/mol. The Morgan fingerprint density at radius 2 is 1.93 bits per heavy atom. The second kappa shape index (κ2) is 6.74. The molecule has 1 aromatic carbocycles. The first-order valence-electron chi connectivity index (χ1n) is 8.68. The fourth-order valence-electron chi connectivity index (χ4n) is 3.42. The number of hydrogen-bond donors (Lipinski definition) is 0. The molecule has 29 heavy (non-hydrogen) atoms. The highest BCUT2D eigenvalue weighted by Crippen LogP contribution is 2.36. The van der Waals surface area contributed by atoms with E-state index in [0.29, 0.717) is 11.3 Å². The van der Waals surface area contributed by atoms with Crippen LogP contribution in [-0.2, 0) is 6.18 Å². The molecule has 2 amide bonds. The quantitative estimate of drug-likeness (QED) is 0.646. The van der Waals surface area contributed by atoms with E-state index in [1.807, 2.05) is 12.1 Å². The Kier molecular flexibility index (Phi) is 4.34. The van der Waals surface area contributed by atoms with Crippen LogP contribution in [0, 0.1) is 18.3 Å². The van der Waals surface area contributed by atoms with E-state index in [9.17, 15) is 23.2 Å². The minimum Gasteiger partial charge on any atom is -0.290 e. The Hall–Kier alpha value is -3.67. The molecule has 0 saturated carbocycles. The molecule has 1 aliphatic heterocycles. The number of nitrogens with zero attached hydrogens (tertiary/aromatic N) is 5. The van der Waals surface area contributed by atoms with Crippen molar-refractivity contribution >= 4 is 28.2 Å². The van der Waals surface area contributed by atoms with Crippen LogP contribution in [-0.4, -0.2) is 28.6 Å². The van der Waals surface area contributed by atoms with Gasteiger partial charge in [0.15, 0.2) is 0 Å². The highest BCUT2D eigenvalue weighted by Gasteiger charge is 2.42. The summed E-state index contributed by atoms with van der Waals surface area (Å²) < 4.78 is 39.3. The molecule has 0 spiro atoms. The van der Waals surface area contributed by atoms with Crippen LogP contribution in [0.3, 0.4) is 0 Å². The normalized spacial score (nSPS) is 17.1. The average Bonchev–Trinajstić information content (AvgIpc) is 3.03. The summed E-state index contributed by atoms with van der Waals surface area (Å²) in [5.74, 6) is 0. The summed E-state index contributed by atoms with van der Waals surface area (Å²) in [6, 6.07) is 8.70. The first kappa shape index (κ1) is 18.7.